The quantitative estimate of drug-likeness (QED) is 0.361. The number of aromatic nitrogens is 4. The van der Waals surface area contributed by atoms with Gasteiger partial charge in [-0.1, -0.05) is 34.5 Å². The van der Waals surface area contributed by atoms with Gasteiger partial charge in [-0.2, -0.15) is 0 Å². The summed E-state index contributed by atoms with van der Waals surface area (Å²) in [6.07, 6.45) is 2.78. The molecule has 6 nitrogen and oxygen atoms in total. The molecular formula is C20H16Cl2F3N5OS. The lowest BCUT2D eigenvalue weighted by molar-refractivity contribution is 0.0170. The Morgan fingerprint density at radius 3 is 2.56 bits per heavy atom. The van der Waals surface area contributed by atoms with Crippen molar-refractivity contribution in [1.82, 2.24) is 19.6 Å². The lowest BCUT2D eigenvalue weighted by Gasteiger charge is -2.11. The van der Waals surface area contributed by atoms with E-state index in [-0.39, 0.29) is 34.0 Å². The van der Waals surface area contributed by atoms with Crippen LogP contribution >= 0.6 is 34.5 Å². The Bertz CT molecular complexity index is 1300. The summed E-state index contributed by atoms with van der Waals surface area (Å²) in [6, 6.07) is 3.47. The van der Waals surface area contributed by atoms with Gasteiger partial charge in [-0.3, -0.25) is 0 Å². The summed E-state index contributed by atoms with van der Waals surface area (Å²) >= 11 is 13.6. The summed E-state index contributed by atoms with van der Waals surface area (Å²) in [5, 5.41) is 9.20. The maximum atomic E-state index is 14.5. The maximum absolute atomic E-state index is 14.5. The lowest BCUT2D eigenvalue weighted by Crippen LogP contribution is -2.23. The van der Waals surface area contributed by atoms with Gasteiger partial charge in [-0.25, -0.2) is 18.2 Å². The molecule has 0 bridgehead atoms. The Balaban J connectivity index is 1.68. The highest BCUT2D eigenvalue weighted by Crippen LogP contribution is 2.38. The first-order chi connectivity index (χ1) is 15.0. The molecule has 1 unspecified atom stereocenters. The van der Waals surface area contributed by atoms with Gasteiger partial charge in [0.1, 0.15) is 17.3 Å². The van der Waals surface area contributed by atoms with Crippen LogP contribution in [0.5, 0.6) is 5.75 Å². The van der Waals surface area contributed by atoms with Gasteiger partial charge < -0.3 is 14.9 Å². The van der Waals surface area contributed by atoms with Crippen molar-refractivity contribution in [2.24, 2.45) is 5.73 Å². The number of hydrogen-bond donors (Lipinski definition) is 1. The van der Waals surface area contributed by atoms with Crippen molar-refractivity contribution < 1.29 is 17.9 Å². The van der Waals surface area contributed by atoms with E-state index in [1.54, 1.807) is 6.92 Å². The van der Waals surface area contributed by atoms with Crippen LogP contribution in [-0.4, -0.2) is 32.2 Å². The van der Waals surface area contributed by atoms with Gasteiger partial charge in [-0.15, -0.1) is 10.2 Å². The maximum Gasteiger partial charge on any atom is 0.271 e. The predicted molar refractivity (Wildman–Crippen MR) is 118 cm³/mol. The summed E-state index contributed by atoms with van der Waals surface area (Å²) in [5.74, 6) is -3.69. The summed E-state index contributed by atoms with van der Waals surface area (Å²) in [7, 11) is 0. The minimum Gasteiger partial charge on any atom is -0.489 e. The molecule has 0 saturated heterocycles. The predicted octanol–water partition coefficient (Wildman–Crippen LogP) is 5.80. The van der Waals surface area contributed by atoms with Gasteiger partial charge in [0.2, 0.25) is 0 Å². The number of nitrogens with zero attached hydrogens (tertiary/aromatic N) is 4. The number of rotatable bonds is 6. The monoisotopic (exact) mass is 501 g/mol. The number of fused-ring (bicyclic) bond motifs is 1. The van der Waals surface area contributed by atoms with Gasteiger partial charge in [0, 0.05) is 42.6 Å². The number of nitrogens with two attached hydrogens (primary N) is 1. The minimum atomic E-state index is -3.06. The Hall–Kier alpha value is -2.40. The first-order valence-corrected chi connectivity index (χ1v) is 10.9. The van der Waals surface area contributed by atoms with E-state index in [9.17, 15) is 13.2 Å². The van der Waals surface area contributed by atoms with Crippen LogP contribution in [0.3, 0.4) is 0 Å². The zero-order chi connectivity index (χ0) is 23.2. The molecule has 0 radical (unpaired) electrons. The highest BCUT2D eigenvalue weighted by Gasteiger charge is 2.26. The van der Waals surface area contributed by atoms with Crippen LogP contribution in [0.4, 0.5) is 13.2 Å². The molecule has 2 N–H and O–H groups in total. The van der Waals surface area contributed by atoms with Crippen LogP contribution < -0.4 is 10.5 Å². The molecule has 0 aliphatic heterocycles. The zero-order valence-corrected chi connectivity index (χ0v) is 19.1. The van der Waals surface area contributed by atoms with E-state index in [0.29, 0.717) is 26.9 Å². The third-order valence-corrected chi connectivity index (χ3v) is 5.98. The Labute approximate surface area is 194 Å². The highest BCUT2D eigenvalue weighted by atomic mass is 35.5. The minimum absolute atomic E-state index is 0.0145. The number of ether oxygens (including phenoxy) is 1. The molecule has 0 saturated carbocycles. The van der Waals surface area contributed by atoms with E-state index >= 15 is 0 Å². The molecule has 1 aromatic carbocycles. The summed E-state index contributed by atoms with van der Waals surface area (Å²) < 4.78 is 48.6. The molecule has 3 aromatic heterocycles. The second-order valence-corrected chi connectivity index (χ2v) is 9.08. The fraction of sp³-hybridized carbons (Fsp3) is 0.250. The largest absolute Gasteiger partial charge is 0.489 e. The van der Waals surface area contributed by atoms with E-state index in [4.69, 9.17) is 33.7 Å². The van der Waals surface area contributed by atoms with Crippen LogP contribution in [0.2, 0.25) is 10.0 Å². The summed E-state index contributed by atoms with van der Waals surface area (Å²) in [6.45, 7) is 2.66. The molecule has 0 aliphatic carbocycles. The molecule has 4 rings (SSSR count). The van der Waals surface area contributed by atoms with E-state index in [2.05, 4.69) is 15.2 Å². The first-order valence-electron chi connectivity index (χ1n) is 9.31. The molecule has 0 fully saturated rings. The van der Waals surface area contributed by atoms with Gasteiger partial charge in [-0.05, 0) is 19.1 Å². The van der Waals surface area contributed by atoms with Crippen molar-refractivity contribution in [1.29, 1.82) is 0 Å². The molecule has 0 aliphatic rings. The molecule has 12 heteroatoms. The topological polar surface area (TPSA) is 78.3 Å². The van der Waals surface area contributed by atoms with Crippen LogP contribution in [0.25, 0.3) is 26.9 Å². The molecule has 0 amide bonds. The molecule has 1 atom stereocenters. The highest BCUT2D eigenvalue weighted by molar-refractivity contribution is 7.18. The third kappa shape index (κ3) is 4.54. The van der Waals surface area contributed by atoms with E-state index in [1.807, 2.05) is 0 Å². The standard InChI is InChI=1S/C20H16Cl2F3N5OS/c1-9(26)8-31-16-5-12(21)11(4-14(16)23)18-28-29-19(32-18)15-7-30-6-10(20(2,24)25)3-13(22)17(30)27-15/h3-7,9H,8,26H2,1-2H3. The van der Waals surface area contributed by atoms with Crippen molar-refractivity contribution in [3.05, 3.63) is 52.0 Å². The fourth-order valence-corrected chi connectivity index (χ4v) is 4.24. The second-order valence-electron chi connectivity index (χ2n) is 7.29. The second kappa shape index (κ2) is 8.51. The summed E-state index contributed by atoms with van der Waals surface area (Å²) in [5.41, 5.74) is 6.38. The Kier molecular flexibility index (Phi) is 6.06. The number of halogens is 5. The smallest absolute Gasteiger partial charge is 0.271 e. The fourth-order valence-electron chi connectivity index (χ4n) is 2.86. The number of pyridine rings is 1. The van der Waals surface area contributed by atoms with Crippen LogP contribution in [0.15, 0.2) is 30.6 Å². The average molecular weight is 502 g/mol. The van der Waals surface area contributed by atoms with Gasteiger partial charge in [0.15, 0.2) is 22.2 Å². The van der Waals surface area contributed by atoms with Crippen molar-refractivity contribution in [3.8, 4) is 27.0 Å². The van der Waals surface area contributed by atoms with Crippen molar-refractivity contribution in [2.75, 3.05) is 6.61 Å². The normalized spacial score (nSPS) is 13.0. The van der Waals surface area contributed by atoms with E-state index < -0.39 is 11.7 Å². The van der Waals surface area contributed by atoms with Crippen LogP contribution in [0.1, 0.15) is 19.4 Å². The number of benzene rings is 1. The van der Waals surface area contributed by atoms with E-state index in [0.717, 1.165) is 18.3 Å². The van der Waals surface area contributed by atoms with Crippen molar-refractivity contribution in [3.63, 3.8) is 0 Å². The number of imidazole rings is 1. The zero-order valence-electron chi connectivity index (χ0n) is 16.7. The van der Waals surface area contributed by atoms with Gasteiger partial charge in [0.05, 0.1) is 10.0 Å². The molecule has 3 heterocycles. The first kappa shape index (κ1) is 22.8. The lowest BCUT2D eigenvalue weighted by atomic mass is 10.2. The molecule has 32 heavy (non-hydrogen) atoms. The van der Waals surface area contributed by atoms with Gasteiger partial charge >= 0.3 is 0 Å². The third-order valence-electron chi connectivity index (χ3n) is 4.41. The molecule has 168 valence electrons. The molecule has 4 aromatic rings. The van der Waals surface area contributed by atoms with Crippen LogP contribution in [0, 0.1) is 5.82 Å². The Morgan fingerprint density at radius 1 is 1.16 bits per heavy atom. The van der Waals surface area contributed by atoms with Crippen LogP contribution in [-0.2, 0) is 5.92 Å². The summed E-state index contributed by atoms with van der Waals surface area (Å²) in [4.78, 5) is 4.36. The van der Waals surface area contributed by atoms with Crippen molar-refractivity contribution >= 4 is 40.2 Å². The Morgan fingerprint density at radius 2 is 1.88 bits per heavy atom. The molecule has 0 spiro atoms. The average Bonchev–Trinajstić information content (AvgIpc) is 3.34. The van der Waals surface area contributed by atoms with Gasteiger partial charge in [0.25, 0.3) is 5.92 Å². The SMILES string of the molecule is CC(N)COc1cc(Cl)c(-c2nnc(-c3cn4cc(C(C)(F)F)cc(Cl)c4n3)s2)cc1F. The van der Waals surface area contributed by atoms with Crippen molar-refractivity contribution in [2.45, 2.75) is 25.8 Å². The number of hydrogen-bond acceptors (Lipinski definition) is 6. The number of alkyl halides is 2. The molecular weight excluding hydrogens is 486 g/mol. The van der Waals surface area contributed by atoms with E-state index in [1.165, 1.54) is 35.0 Å².